The summed E-state index contributed by atoms with van der Waals surface area (Å²) in [6.45, 7) is 1.43. The van der Waals surface area contributed by atoms with Gasteiger partial charge in [-0.3, -0.25) is 9.59 Å². The Hall–Kier alpha value is -2.57. The van der Waals surface area contributed by atoms with E-state index in [-0.39, 0.29) is 11.7 Å². The van der Waals surface area contributed by atoms with Crippen LogP contribution in [-0.2, 0) is 4.79 Å². The number of thiazole rings is 1. The summed E-state index contributed by atoms with van der Waals surface area (Å²) in [7, 11) is 0. The molecule has 1 amide bonds. The van der Waals surface area contributed by atoms with Crippen molar-refractivity contribution < 1.29 is 9.59 Å². The lowest BCUT2D eigenvalue weighted by molar-refractivity contribution is -0.114. The van der Waals surface area contributed by atoms with Gasteiger partial charge in [-0.2, -0.15) is 0 Å². The fourth-order valence-corrected chi connectivity index (χ4v) is 3.69. The molecule has 2 aromatic heterocycles. The number of nitrogens with zero attached hydrogens (tertiary/aromatic N) is 1. The molecule has 0 aliphatic rings. The summed E-state index contributed by atoms with van der Waals surface area (Å²) in [4.78, 5) is 29.0. The number of hydrogen-bond acceptors (Lipinski definition) is 5. The molecule has 2 heterocycles. The topological polar surface area (TPSA) is 59.1 Å². The van der Waals surface area contributed by atoms with Crippen molar-refractivity contribution in [2.45, 2.75) is 6.92 Å². The van der Waals surface area contributed by atoms with Crippen molar-refractivity contribution in [3.8, 4) is 9.88 Å². The van der Waals surface area contributed by atoms with Gasteiger partial charge in [0.2, 0.25) is 5.91 Å². The van der Waals surface area contributed by atoms with Crippen LogP contribution in [0.5, 0.6) is 0 Å². The molecular formula is C18H14N2O2S2. The third-order valence-corrected chi connectivity index (χ3v) is 5.03. The molecule has 0 saturated carbocycles. The van der Waals surface area contributed by atoms with E-state index in [1.165, 1.54) is 13.0 Å². The van der Waals surface area contributed by atoms with E-state index in [1.54, 1.807) is 53.0 Å². The van der Waals surface area contributed by atoms with Crippen LogP contribution < -0.4 is 5.32 Å². The number of anilines is 1. The third-order valence-electron chi connectivity index (χ3n) is 3.13. The molecule has 1 aromatic carbocycles. The Bertz CT molecular complexity index is 895. The number of allylic oxidation sites excluding steroid dienone is 1. The molecule has 0 atom stereocenters. The Kier molecular flexibility index (Phi) is 4.98. The lowest BCUT2D eigenvalue weighted by Gasteiger charge is -2.03. The van der Waals surface area contributed by atoms with Gasteiger partial charge in [-0.25, -0.2) is 4.98 Å². The first-order valence-electron chi connectivity index (χ1n) is 7.21. The van der Waals surface area contributed by atoms with E-state index in [9.17, 15) is 9.59 Å². The number of benzene rings is 1. The molecule has 0 bridgehead atoms. The Labute approximate surface area is 147 Å². The van der Waals surface area contributed by atoms with E-state index in [1.807, 2.05) is 22.9 Å². The molecule has 6 heteroatoms. The molecule has 0 fully saturated rings. The van der Waals surface area contributed by atoms with Crippen LogP contribution >= 0.6 is 22.7 Å². The smallest absolute Gasteiger partial charge is 0.221 e. The molecule has 0 spiro atoms. The predicted molar refractivity (Wildman–Crippen MR) is 99.5 cm³/mol. The number of rotatable bonds is 5. The van der Waals surface area contributed by atoms with Crippen LogP contribution in [0, 0.1) is 0 Å². The van der Waals surface area contributed by atoms with Crippen molar-refractivity contribution in [3.05, 3.63) is 64.5 Å². The second-order valence-corrected chi connectivity index (χ2v) is 6.82. The Balaban J connectivity index is 1.72. The molecule has 0 aliphatic heterocycles. The van der Waals surface area contributed by atoms with Gasteiger partial charge in [0, 0.05) is 23.6 Å². The Morgan fingerprint density at radius 1 is 1.17 bits per heavy atom. The van der Waals surface area contributed by atoms with E-state index in [4.69, 9.17) is 0 Å². The number of aromatic nitrogens is 1. The number of thiophene rings is 1. The van der Waals surface area contributed by atoms with Gasteiger partial charge >= 0.3 is 0 Å². The van der Waals surface area contributed by atoms with E-state index >= 15 is 0 Å². The van der Waals surface area contributed by atoms with Crippen molar-refractivity contribution in [2.75, 3.05) is 5.32 Å². The molecule has 1 N–H and O–H groups in total. The van der Waals surface area contributed by atoms with E-state index in [0.717, 1.165) is 15.6 Å². The highest BCUT2D eigenvalue weighted by Crippen LogP contribution is 2.28. The van der Waals surface area contributed by atoms with Gasteiger partial charge in [0.05, 0.1) is 10.6 Å². The normalized spacial score (nSPS) is 10.9. The van der Waals surface area contributed by atoms with Crippen molar-refractivity contribution in [1.29, 1.82) is 0 Å². The van der Waals surface area contributed by atoms with Gasteiger partial charge in [-0.15, -0.1) is 22.7 Å². The maximum atomic E-state index is 12.3. The second-order valence-electron chi connectivity index (χ2n) is 5.01. The van der Waals surface area contributed by atoms with Gasteiger partial charge in [0.25, 0.3) is 0 Å². The van der Waals surface area contributed by atoms with Crippen LogP contribution in [0.2, 0.25) is 0 Å². The van der Waals surface area contributed by atoms with Crippen molar-refractivity contribution >= 4 is 46.1 Å². The standard InChI is InChI=1S/C18H14N2O2S2/c1-12(21)19-14-5-2-4-13(10-14)16(22)8-7-15-11-24-18(20-15)17-6-3-9-23-17/h2-11H,1H3,(H,19,21)/b8-7+. The fourth-order valence-electron chi connectivity index (χ4n) is 2.09. The second kappa shape index (κ2) is 7.33. The third kappa shape index (κ3) is 4.04. The zero-order valence-corrected chi connectivity index (χ0v) is 14.5. The Morgan fingerprint density at radius 2 is 2.04 bits per heavy atom. The van der Waals surface area contributed by atoms with Crippen molar-refractivity contribution in [2.24, 2.45) is 0 Å². The molecule has 0 saturated heterocycles. The number of carbonyl (C=O) groups is 2. The van der Waals surface area contributed by atoms with Crippen LogP contribution in [0.4, 0.5) is 5.69 Å². The number of nitrogens with one attached hydrogen (secondary N) is 1. The highest BCUT2D eigenvalue weighted by molar-refractivity contribution is 7.20. The van der Waals surface area contributed by atoms with Crippen molar-refractivity contribution in [1.82, 2.24) is 4.98 Å². The van der Waals surface area contributed by atoms with Crippen LogP contribution in [0.15, 0.2) is 53.2 Å². The summed E-state index contributed by atoms with van der Waals surface area (Å²) in [6, 6.07) is 10.9. The van der Waals surface area contributed by atoms with Crippen LogP contribution in [0.25, 0.3) is 16.0 Å². The maximum Gasteiger partial charge on any atom is 0.221 e. The number of hydrogen-bond donors (Lipinski definition) is 1. The molecule has 3 aromatic rings. The average Bonchev–Trinajstić information content (AvgIpc) is 3.23. The van der Waals surface area contributed by atoms with Gasteiger partial charge in [-0.05, 0) is 35.7 Å². The summed E-state index contributed by atoms with van der Waals surface area (Å²) >= 11 is 3.19. The highest BCUT2D eigenvalue weighted by atomic mass is 32.1. The largest absolute Gasteiger partial charge is 0.326 e. The van der Waals surface area contributed by atoms with Crippen molar-refractivity contribution in [3.63, 3.8) is 0 Å². The average molecular weight is 354 g/mol. The summed E-state index contributed by atoms with van der Waals surface area (Å²) < 4.78 is 0. The molecule has 0 radical (unpaired) electrons. The first kappa shape index (κ1) is 16.3. The quantitative estimate of drug-likeness (QED) is 0.532. The van der Waals surface area contributed by atoms with Gasteiger partial charge in [-0.1, -0.05) is 18.2 Å². The number of amides is 1. The Morgan fingerprint density at radius 3 is 2.79 bits per heavy atom. The minimum atomic E-state index is -0.168. The summed E-state index contributed by atoms with van der Waals surface area (Å²) in [5.41, 5.74) is 1.89. The van der Waals surface area contributed by atoms with Gasteiger partial charge in [0.15, 0.2) is 5.78 Å². The molecule has 0 aliphatic carbocycles. The minimum absolute atomic E-state index is 0.132. The maximum absolute atomic E-state index is 12.3. The van der Waals surface area contributed by atoms with Crippen LogP contribution in [-0.4, -0.2) is 16.7 Å². The van der Waals surface area contributed by atoms with E-state index < -0.39 is 0 Å². The molecular weight excluding hydrogens is 340 g/mol. The van der Waals surface area contributed by atoms with Crippen LogP contribution in [0.3, 0.4) is 0 Å². The minimum Gasteiger partial charge on any atom is -0.326 e. The predicted octanol–water partition coefficient (Wildman–Crippen LogP) is 4.73. The molecule has 24 heavy (non-hydrogen) atoms. The zero-order valence-electron chi connectivity index (χ0n) is 12.9. The van der Waals surface area contributed by atoms with E-state index in [2.05, 4.69) is 10.3 Å². The lowest BCUT2D eigenvalue weighted by Crippen LogP contribution is -2.06. The first-order chi connectivity index (χ1) is 11.6. The highest BCUT2D eigenvalue weighted by Gasteiger charge is 2.06. The number of ketones is 1. The summed E-state index contributed by atoms with van der Waals surface area (Å²) in [5.74, 6) is -0.299. The first-order valence-corrected chi connectivity index (χ1v) is 8.97. The lowest BCUT2D eigenvalue weighted by atomic mass is 10.1. The SMILES string of the molecule is CC(=O)Nc1cccc(C(=O)/C=C/c2csc(-c3cccs3)n2)c1. The zero-order chi connectivity index (χ0) is 16.9. The van der Waals surface area contributed by atoms with Gasteiger partial charge in [0.1, 0.15) is 5.01 Å². The monoisotopic (exact) mass is 354 g/mol. The van der Waals surface area contributed by atoms with Crippen LogP contribution in [0.1, 0.15) is 23.0 Å². The fraction of sp³-hybridized carbons (Fsp3) is 0.0556. The molecule has 4 nitrogen and oxygen atoms in total. The molecule has 0 unspecified atom stereocenters. The summed E-state index contributed by atoms with van der Waals surface area (Å²) in [6.07, 6.45) is 3.21. The molecule has 3 rings (SSSR count). The van der Waals surface area contributed by atoms with E-state index in [0.29, 0.717) is 11.3 Å². The number of carbonyl (C=O) groups excluding carboxylic acids is 2. The van der Waals surface area contributed by atoms with Gasteiger partial charge < -0.3 is 5.32 Å². The molecule has 120 valence electrons. The summed E-state index contributed by atoms with van der Waals surface area (Å²) in [5, 5.41) is 7.55.